The van der Waals surface area contributed by atoms with Crippen molar-refractivity contribution in [3.63, 3.8) is 0 Å². The Morgan fingerprint density at radius 3 is 2.23 bits per heavy atom. The third-order valence-electron chi connectivity index (χ3n) is 2.82. The molecule has 0 spiro atoms. The van der Waals surface area contributed by atoms with E-state index in [0.717, 1.165) is 39.0 Å². The standard InChI is InChI=1S/C8H17N3OS/c1-10-4-6-11(7-5-10)13(9,12)8-2-3-8/h8-9H,2-7H2,1H3. The minimum Gasteiger partial charge on any atom is -0.304 e. The lowest BCUT2D eigenvalue weighted by atomic mass is 10.4. The molecule has 5 heteroatoms. The fourth-order valence-electron chi connectivity index (χ4n) is 1.66. The summed E-state index contributed by atoms with van der Waals surface area (Å²) in [6.07, 6.45) is 1.99. The lowest BCUT2D eigenvalue weighted by Gasteiger charge is -2.33. The SMILES string of the molecule is CN1CCN(S(=N)(=O)C2CC2)CC1. The molecule has 0 aromatic carbocycles. The Kier molecular flexibility index (Phi) is 2.33. The molecule has 4 nitrogen and oxygen atoms in total. The van der Waals surface area contributed by atoms with E-state index in [1.54, 1.807) is 0 Å². The van der Waals surface area contributed by atoms with Crippen LogP contribution < -0.4 is 0 Å². The summed E-state index contributed by atoms with van der Waals surface area (Å²) < 4.78 is 21.7. The lowest BCUT2D eigenvalue weighted by Crippen LogP contribution is -2.47. The maximum Gasteiger partial charge on any atom is 0.110 e. The van der Waals surface area contributed by atoms with Crippen LogP contribution in [0.3, 0.4) is 0 Å². The number of rotatable bonds is 2. The number of nitrogens with zero attached hydrogens (tertiary/aromatic N) is 2. The van der Waals surface area contributed by atoms with Crippen LogP contribution in [0.5, 0.6) is 0 Å². The first-order valence-corrected chi connectivity index (χ1v) is 6.40. The second-order valence-corrected chi connectivity index (χ2v) is 6.32. The van der Waals surface area contributed by atoms with Crippen molar-refractivity contribution in [3.05, 3.63) is 0 Å². The van der Waals surface area contributed by atoms with Gasteiger partial charge in [0.2, 0.25) is 0 Å². The number of hydrogen-bond donors (Lipinski definition) is 1. The van der Waals surface area contributed by atoms with E-state index in [1.165, 1.54) is 0 Å². The van der Waals surface area contributed by atoms with Gasteiger partial charge in [0.15, 0.2) is 0 Å². The van der Waals surface area contributed by atoms with E-state index in [0.29, 0.717) is 0 Å². The monoisotopic (exact) mass is 203 g/mol. The normalized spacial score (nSPS) is 31.5. The van der Waals surface area contributed by atoms with Gasteiger partial charge in [-0.05, 0) is 19.9 Å². The third-order valence-corrected chi connectivity index (χ3v) is 5.33. The third kappa shape index (κ3) is 1.87. The van der Waals surface area contributed by atoms with Crippen molar-refractivity contribution in [3.8, 4) is 0 Å². The van der Waals surface area contributed by atoms with Crippen molar-refractivity contribution in [2.45, 2.75) is 18.1 Å². The van der Waals surface area contributed by atoms with E-state index >= 15 is 0 Å². The Hall–Kier alpha value is -0.130. The fourth-order valence-corrected chi connectivity index (χ4v) is 3.56. The predicted octanol–water partition coefficient (Wildman–Crippen LogP) is 0.358. The Bertz CT molecular complexity index is 276. The molecule has 2 fully saturated rings. The smallest absolute Gasteiger partial charge is 0.110 e. The summed E-state index contributed by atoms with van der Waals surface area (Å²) in [4.78, 5) is 2.22. The summed E-state index contributed by atoms with van der Waals surface area (Å²) in [6.45, 7) is 3.50. The van der Waals surface area contributed by atoms with E-state index < -0.39 is 9.92 Å². The van der Waals surface area contributed by atoms with Crippen LogP contribution in [0.2, 0.25) is 0 Å². The van der Waals surface area contributed by atoms with Gasteiger partial charge in [-0.25, -0.2) is 13.3 Å². The summed E-state index contributed by atoms with van der Waals surface area (Å²) in [5, 5.41) is 0.177. The van der Waals surface area contributed by atoms with Gasteiger partial charge in [0.25, 0.3) is 0 Å². The van der Waals surface area contributed by atoms with Gasteiger partial charge in [-0.1, -0.05) is 0 Å². The van der Waals surface area contributed by atoms with Gasteiger partial charge in [0.05, 0.1) is 5.25 Å². The van der Waals surface area contributed by atoms with Crippen LogP contribution in [0.1, 0.15) is 12.8 Å². The second-order valence-electron chi connectivity index (χ2n) is 4.00. The van der Waals surface area contributed by atoms with Gasteiger partial charge in [0.1, 0.15) is 9.92 Å². The largest absolute Gasteiger partial charge is 0.304 e. The number of nitrogens with one attached hydrogen (secondary N) is 1. The Morgan fingerprint density at radius 2 is 1.77 bits per heavy atom. The molecular formula is C8H17N3OS. The van der Waals surface area contributed by atoms with Crippen LogP contribution in [0, 0.1) is 4.78 Å². The molecule has 1 N–H and O–H groups in total. The van der Waals surface area contributed by atoms with Crippen LogP contribution >= 0.6 is 0 Å². The molecule has 1 heterocycles. The molecular weight excluding hydrogens is 186 g/mol. The Balaban J connectivity index is 2.01. The quantitative estimate of drug-likeness (QED) is 0.704. The minimum atomic E-state index is -2.41. The first-order valence-electron chi connectivity index (χ1n) is 4.82. The Morgan fingerprint density at radius 1 is 1.23 bits per heavy atom. The maximum absolute atomic E-state index is 12.0. The molecule has 0 aromatic heterocycles. The molecule has 1 atom stereocenters. The molecule has 2 rings (SSSR count). The molecule has 1 saturated carbocycles. The van der Waals surface area contributed by atoms with Gasteiger partial charge in [0, 0.05) is 26.2 Å². The summed E-state index contributed by atoms with van der Waals surface area (Å²) in [5.41, 5.74) is 0. The highest BCUT2D eigenvalue weighted by atomic mass is 32.2. The van der Waals surface area contributed by atoms with E-state index in [4.69, 9.17) is 4.78 Å². The number of likely N-dealkylation sites (N-methyl/N-ethyl adjacent to an activating group) is 1. The van der Waals surface area contributed by atoms with Crippen LogP contribution in [-0.2, 0) is 9.92 Å². The zero-order valence-electron chi connectivity index (χ0n) is 8.03. The number of hydrogen-bond acceptors (Lipinski definition) is 3. The summed E-state index contributed by atoms with van der Waals surface area (Å²) >= 11 is 0. The van der Waals surface area contributed by atoms with Crippen molar-refractivity contribution < 1.29 is 4.21 Å². The van der Waals surface area contributed by atoms with Gasteiger partial charge in [-0.3, -0.25) is 0 Å². The van der Waals surface area contributed by atoms with E-state index in [-0.39, 0.29) is 5.25 Å². The van der Waals surface area contributed by atoms with Crippen LogP contribution in [0.4, 0.5) is 0 Å². The molecule has 0 amide bonds. The van der Waals surface area contributed by atoms with Crippen molar-refractivity contribution in [2.24, 2.45) is 0 Å². The molecule has 76 valence electrons. The molecule has 0 bridgehead atoms. The summed E-state index contributed by atoms with van der Waals surface area (Å²) in [7, 11) is -0.336. The zero-order valence-corrected chi connectivity index (χ0v) is 8.85. The highest BCUT2D eigenvalue weighted by molar-refractivity contribution is 7.91. The molecule has 1 aliphatic carbocycles. The zero-order chi connectivity index (χ0) is 9.47. The van der Waals surface area contributed by atoms with Crippen molar-refractivity contribution in [1.82, 2.24) is 9.21 Å². The van der Waals surface area contributed by atoms with Gasteiger partial charge < -0.3 is 4.90 Å². The van der Waals surface area contributed by atoms with Gasteiger partial charge in [-0.2, -0.15) is 0 Å². The maximum atomic E-state index is 12.0. The molecule has 1 aliphatic heterocycles. The first kappa shape index (κ1) is 9.43. The molecule has 2 aliphatic rings. The summed E-state index contributed by atoms with van der Waals surface area (Å²) in [5.74, 6) is 0. The average Bonchev–Trinajstić information content (AvgIpc) is 2.87. The molecule has 1 unspecified atom stereocenters. The topological polar surface area (TPSA) is 47.4 Å². The predicted molar refractivity (Wildman–Crippen MR) is 53.0 cm³/mol. The highest BCUT2D eigenvalue weighted by Gasteiger charge is 2.37. The van der Waals surface area contributed by atoms with Crippen LogP contribution in [-0.4, -0.2) is 51.9 Å². The van der Waals surface area contributed by atoms with E-state index in [1.807, 2.05) is 4.31 Å². The van der Waals surface area contributed by atoms with E-state index in [2.05, 4.69) is 11.9 Å². The van der Waals surface area contributed by atoms with Crippen molar-refractivity contribution >= 4 is 9.92 Å². The van der Waals surface area contributed by atoms with Crippen molar-refractivity contribution in [1.29, 1.82) is 4.78 Å². The Labute approximate surface area is 80.0 Å². The first-order chi connectivity index (χ1) is 6.10. The van der Waals surface area contributed by atoms with Gasteiger partial charge >= 0.3 is 0 Å². The van der Waals surface area contributed by atoms with Crippen LogP contribution in [0.25, 0.3) is 0 Å². The fraction of sp³-hybridized carbons (Fsp3) is 1.00. The molecule has 0 radical (unpaired) electrons. The van der Waals surface area contributed by atoms with Gasteiger partial charge in [-0.15, -0.1) is 0 Å². The minimum absolute atomic E-state index is 0.177. The van der Waals surface area contributed by atoms with Crippen LogP contribution in [0.15, 0.2) is 0 Å². The molecule has 1 saturated heterocycles. The van der Waals surface area contributed by atoms with E-state index in [9.17, 15) is 4.21 Å². The molecule has 0 aromatic rings. The second kappa shape index (κ2) is 3.22. The highest BCUT2D eigenvalue weighted by Crippen LogP contribution is 2.31. The summed E-state index contributed by atoms with van der Waals surface area (Å²) in [6, 6.07) is 0. The lowest BCUT2D eigenvalue weighted by molar-refractivity contribution is 0.226. The van der Waals surface area contributed by atoms with Crippen molar-refractivity contribution in [2.75, 3.05) is 33.2 Å². The molecule has 13 heavy (non-hydrogen) atoms. The average molecular weight is 203 g/mol. The number of piperazine rings is 1.